The molecule has 2 fully saturated rings. The summed E-state index contributed by atoms with van der Waals surface area (Å²) in [5, 5.41) is 0. The molecule has 2 aliphatic rings. The molecular formula is C13H22F2. The molecule has 0 bridgehead atoms. The lowest BCUT2D eigenvalue weighted by molar-refractivity contribution is 0.0267. The predicted molar refractivity (Wildman–Crippen MR) is 58.3 cm³/mol. The molecule has 0 spiro atoms. The summed E-state index contributed by atoms with van der Waals surface area (Å²) in [5.41, 5.74) is 0. The highest BCUT2D eigenvalue weighted by Crippen LogP contribution is 2.41. The fraction of sp³-hybridized carbons (Fsp3) is 1.00. The number of rotatable bonds is 1. The van der Waals surface area contributed by atoms with Gasteiger partial charge in [0.05, 0.1) is 0 Å². The predicted octanol–water partition coefficient (Wildman–Crippen LogP) is 4.29. The third kappa shape index (κ3) is 2.51. The SMILES string of the molecule is CC1C(F)CC(C2CCCCC2)CC1F. The van der Waals surface area contributed by atoms with E-state index in [2.05, 4.69) is 0 Å². The van der Waals surface area contributed by atoms with Crippen molar-refractivity contribution < 1.29 is 8.78 Å². The molecule has 0 aromatic rings. The second-order valence-electron chi connectivity index (χ2n) is 5.52. The van der Waals surface area contributed by atoms with Gasteiger partial charge in [-0.25, -0.2) is 8.78 Å². The van der Waals surface area contributed by atoms with E-state index in [1.165, 1.54) is 32.1 Å². The quantitative estimate of drug-likeness (QED) is 0.613. The topological polar surface area (TPSA) is 0 Å². The van der Waals surface area contributed by atoms with Crippen LogP contribution in [0.3, 0.4) is 0 Å². The van der Waals surface area contributed by atoms with Crippen LogP contribution in [0, 0.1) is 17.8 Å². The minimum atomic E-state index is -0.902. The van der Waals surface area contributed by atoms with E-state index < -0.39 is 12.3 Å². The molecule has 2 heteroatoms. The normalized spacial score (nSPS) is 44.2. The highest BCUT2D eigenvalue weighted by molar-refractivity contribution is 4.88. The standard InChI is InChI=1S/C13H22F2/c1-9-12(14)7-11(8-13(9)15)10-5-3-2-4-6-10/h9-13H,2-8H2,1H3. The van der Waals surface area contributed by atoms with Crippen molar-refractivity contribution in [1.82, 2.24) is 0 Å². The van der Waals surface area contributed by atoms with Crippen molar-refractivity contribution in [3.63, 3.8) is 0 Å². The van der Waals surface area contributed by atoms with Crippen molar-refractivity contribution in [2.24, 2.45) is 17.8 Å². The van der Waals surface area contributed by atoms with E-state index >= 15 is 0 Å². The second kappa shape index (κ2) is 4.80. The van der Waals surface area contributed by atoms with Gasteiger partial charge in [0.15, 0.2) is 0 Å². The van der Waals surface area contributed by atoms with Gasteiger partial charge in [-0.1, -0.05) is 39.0 Å². The number of hydrogen-bond acceptors (Lipinski definition) is 0. The van der Waals surface area contributed by atoms with Crippen LogP contribution in [0.4, 0.5) is 8.78 Å². The van der Waals surface area contributed by atoms with Crippen molar-refractivity contribution in [1.29, 1.82) is 0 Å². The maximum Gasteiger partial charge on any atom is 0.106 e. The summed E-state index contributed by atoms with van der Waals surface area (Å²) in [6.45, 7) is 1.71. The van der Waals surface area contributed by atoms with E-state index in [1.54, 1.807) is 6.92 Å². The number of halogens is 2. The van der Waals surface area contributed by atoms with Crippen LogP contribution in [0.5, 0.6) is 0 Å². The third-order valence-corrected chi connectivity index (χ3v) is 4.51. The molecule has 0 aliphatic heterocycles. The van der Waals surface area contributed by atoms with Crippen LogP contribution in [0.15, 0.2) is 0 Å². The molecule has 2 aliphatic carbocycles. The van der Waals surface area contributed by atoms with Crippen molar-refractivity contribution in [3.8, 4) is 0 Å². The minimum absolute atomic E-state index is 0.325. The molecule has 0 heterocycles. The molecule has 2 atom stereocenters. The summed E-state index contributed by atoms with van der Waals surface area (Å²) in [7, 11) is 0. The fourth-order valence-corrected chi connectivity index (χ4v) is 3.32. The molecule has 2 unspecified atom stereocenters. The first-order chi connectivity index (χ1) is 7.18. The minimum Gasteiger partial charge on any atom is -0.247 e. The lowest BCUT2D eigenvalue weighted by Gasteiger charge is -2.38. The molecule has 0 aromatic carbocycles. The summed E-state index contributed by atoms with van der Waals surface area (Å²) in [6, 6.07) is 0. The summed E-state index contributed by atoms with van der Waals surface area (Å²) >= 11 is 0. The van der Waals surface area contributed by atoms with Crippen LogP contribution in [0.2, 0.25) is 0 Å². The molecule has 0 amide bonds. The largest absolute Gasteiger partial charge is 0.247 e. The highest BCUT2D eigenvalue weighted by Gasteiger charge is 2.38. The maximum absolute atomic E-state index is 13.6. The zero-order valence-electron chi connectivity index (χ0n) is 9.59. The Morgan fingerprint density at radius 3 is 1.87 bits per heavy atom. The molecule has 0 N–H and O–H groups in total. The lowest BCUT2D eigenvalue weighted by Crippen LogP contribution is -2.37. The van der Waals surface area contributed by atoms with Crippen LogP contribution in [0.25, 0.3) is 0 Å². The van der Waals surface area contributed by atoms with Crippen LogP contribution in [-0.2, 0) is 0 Å². The second-order valence-corrected chi connectivity index (χ2v) is 5.52. The number of alkyl halides is 2. The Balaban J connectivity index is 1.92. The van der Waals surface area contributed by atoms with Gasteiger partial charge in [0.1, 0.15) is 12.3 Å². The van der Waals surface area contributed by atoms with E-state index in [0.717, 1.165) is 0 Å². The summed E-state index contributed by atoms with van der Waals surface area (Å²) in [6.07, 6.45) is 5.70. The van der Waals surface area contributed by atoms with Gasteiger partial charge in [0.25, 0.3) is 0 Å². The Morgan fingerprint density at radius 1 is 0.800 bits per heavy atom. The monoisotopic (exact) mass is 216 g/mol. The van der Waals surface area contributed by atoms with Gasteiger partial charge < -0.3 is 0 Å². The average molecular weight is 216 g/mol. The van der Waals surface area contributed by atoms with Gasteiger partial charge in [-0.2, -0.15) is 0 Å². The maximum atomic E-state index is 13.6. The van der Waals surface area contributed by atoms with E-state index in [4.69, 9.17) is 0 Å². The summed E-state index contributed by atoms with van der Waals surface area (Å²) < 4.78 is 27.2. The Bertz CT molecular complexity index is 187. The van der Waals surface area contributed by atoms with Gasteiger partial charge in [-0.15, -0.1) is 0 Å². The smallest absolute Gasteiger partial charge is 0.106 e. The molecule has 0 saturated heterocycles. The van der Waals surface area contributed by atoms with Crippen molar-refractivity contribution in [2.45, 2.75) is 64.2 Å². The molecule has 88 valence electrons. The Morgan fingerprint density at radius 2 is 1.33 bits per heavy atom. The van der Waals surface area contributed by atoms with Crippen molar-refractivity contribution in [3.05, 3.63) is 0 Å². The summed E-state index contributed by atoms with van der Waals surface area (Å²) in [4.78, 5) is 0. The van der Waals surface area contributed by atoms with Crippen molar-refractivity contribution in [2.75, 3.05) is 0 Å². The molecule has 15 heavy (non-hydrogen) atoms. The van der Waals surface area contributed by atoms with Gasteiger partial charge in [-0.05, 0) is 24.7 Å². The third-order valence-electron chi connectivity index (χ3n) is 4.51. The molecule has 0 aromatic heterocycles. The fourth-order valence-electron chi connectivity index (χ4n) is 3.32. The van der Waals surface area contributed by atoms with Crippen LogP contribution < -0.4 is 0 Å². The molecule has 2 saturated carbocycles. The van der Waals surface area contributed by atoms with E-state index in [-0.39, 0.29) is 5.92 Å². The first-order valence-corrected chi connectivity index (χ1v) is 6.46. The van der Waals surface area contributed by atoms with E-state index in [1.807, 2.05) is 0 Å². The zero-order valence-corrected chi connectivity index (χ0v) is 9.59. The zero-order chi connectivity index (χ0) is 10.8. The number of hydrogen-bond donors (Lipinski definition) is 0. The Labute approximate surface area is 91.4 Å². The average Bonchev–Trinajstić information content (AvgIpc) is 2.26. The van der Waals surface area contributed by atoms with E-state index in [0.29, 0.717) is 24.7 Å². The molecule has 0 nitrogen and oxygen atoms in total. The van der Waals surface area contributed by atoms with Crippen LogP contribution >= 0.6 is 0 Å². The first kappa shape index (κ1) is 11.3. The molecule has 0 radical (unpaired) electrons. The van der Waals surface area contributed by atoms with Gasteiger partial charge in [0, 0.05) is 5.92 Å². The van der Waals surface area contributed by atoms with Gasteiger partial charge >= 0.3 is 0 Å². The Hall–Kier alpha value is -0.140. The highest BCUT2D eigenvalue weighted by atomic mass is 19.1. The van der Waals surface area contributed by atoms with Gasteiger partial charge in [0.2, 0.25) is 0 Å². The molecule has 2 rings (SSSR count). The van der Waals surface area contributed by atoms with Crippen LogP contribution in [0.1, 0.15) is 51.9 Å². The van der Waals surface area contributed by atoms with E-state index in [9.17, 15) is 8.78 Å². The summed E-state index contributed by atoms with van der Waals surface area (Å²) in [5.74, 6) is 0.569. The van der Waals surface area contributed by atoms with Crippen LogP contribution in [-0.4, -0.2) is 12.3 Å². The Kier molecular flexibility index (Phi) is 3.63. The van der Waals surface area contributed by atoms with Gasteiger partial charge in [-0.3, -0.25) is 0 Å². The lowest BCUT2D eigenvalue weighted by atomic mass is 9.70. The van der Waals surface area contributed by atoms with Crippen molar-refractivity contribution >= 4 is 0 Å². The molecular weight excluding hydrogens is 194 g/mol. The first-order valence-electron chi connectivity index (χ1n) is 6.46.